The van der Waals surface area contributed by atoms with Gasteiger partial charge in [-0.3, -0.25) is 4.79 Å². The van der Waals surface area contributed by atoms with Crippen molar-refractivity contribution >= 4 is 40.6 Å². The molecule has 0 aliphatic rings. The van der Waals surface area contributed by atoms with E-state index in [9.17, 15) is 4.79 Å². The average molecular weight is 296 g/mol. The minimum atomic E-state index is -0.346. The number of rotatable bonds is 3. The number of benzene rings is 1. The molecule has 1 heterocycles. The van der Waals surface area contributed by atoms with Crippen molar-refractivity contribution in [1.29, 1.82) is 0 Å². The largest absolute Gasteiger partial charge is 0.373 e. The third-order valence-electron chi connectivity index (χ3n) is 2.44. The summed E-state index contributed by atoms with van der Waals surface area (Å²) in [4.78, 5) is 16.2. The van der Waals surface area contributed by atoms with Crippen LogP contribution in [0.15, 0.2) is 36.4 Å². The van der Waals surface area contributed by atoms with Gasteiger partial charge in [0, 0.05) is 7.05 Å². The molecule has 0 aliphatic heterocycles. The van der Waals surface area contributed by atoms with Crippen LogP contribution in [0.3, 0.4) is 0 Å². The fraction of sp³-hybridized carbons (Fsp3) is 0.0769. The molecule has 0 radical (unpaired) electrons. The number of carbonyl (C=O) groups excluding carboxylic acids is 1. The van der Waals surface area contributed by atoms with Gasteiger partial charge in [0.05, 0.1) is 15.7 Å². The second-order valence-electron chi connectivity index (χ2n) is 3.71. The summed E-state index contributed by atoms with van der Waals surface area (Å²) < 4.78 is 0. The smallest absolute Gasteiger partial charge is 0.274 e. The number of halogens is 2. The normalized spacial score (nSPS) is 10.1. The predicted molar refractivity (Wildman–Crippen MR) is 78.2 cm³/mol. The summed E-state index contributed by atoms with van der Waals surface area (Å²) in [5, 5.41) is 6.23. The van der Waals surface area contributed by atoms with Crippen molar-refractivity contribution in [1.82, 2.24) is 4.98 Å². The number of aromatic nitrogens is 1. The Morgan fingerprint density at radius 3 is 2.63 bits per heavy atom. The number of carbonyl (C=O) groups is 1. The minimum absolute atomic E-state index is 0.294. The van der Waals surface area contributed by atoms with Crippen molar-refractivity contribution in [2.75, 3.05) is 17.7 Å². The van der Waals surface area contributed by atoms with Crippen LogP contribution in [0.2, 0.25) is 10.0 Å². The Balaban J connectivity index is 2.23. The molecule has 2 N–H and O–H groups in total. The first-order valence-electron chi connectivity index (χ1n) is 5.52. The molecule has 2 rings (SSSR count). The first kappa shape index (κ1) is 13.6. The van der Waals surface area contributed by atoms with Gasteiger partial charge in [-0.25, -0.2) is 4.98 Å². The van der Waals surface area contributed by atoms with Crippen LogP contribution < -0.4 is 10.6 Å². The molecule has 4 nitrogen and oxygen atoms in total. The van der Waals surface area contributed by atoms with E-state index in [2.05, 4.69) is 15.6 Å². The summed E-state index contributed by atoms with van der Waals surface area (Å²) in [6, 6.07) is 10.2. The molecule has 0 atom stereocenters. The number of anilines is 2. The molecule has 1 aromatic carbocycles. The van der Waals surface area contributed by atoms with Gasteiger partial charge in [-0.05, 0) is 24.3 Å². The number of hydrogen-bond acceptors (Lipinski definition) is 3. The molecule has 0 unspecified atom stereocenters. The molecule has 98 valence electrons. The highest BCUT2D eigenvalue weighted by Gasteiger charge is 2.11. The van der Waals surface area contributed by atoms with E-state index in [0.717, 1.165) is 0 Å². The SMILES string of the molecule is CNc1cccc(C(=O)Nc2cccc(Cl)c2Cl)n1. The maximum atomic E-state index is 12.0. The summed E-state index contributed by atoms with van der Waals surface area (Å²) >= 11 is 11.9. The van der Waals surface area contributed by atoms with Crippen LogP contribution in [-0.4, -0.2) is 17.9 Å². The summed E-state index contributed by atoms with van der Waals surface area (Å²) in [5.41, 5.74) is 0.749. The van der Waals surface area contributed by atoms with Crippen LogP contribution in [-0.2, 0) is 0 Å². The van der Waals surface area contributed by atoms with Gasteiger partial charge in [0.1, 0.15) is 11.5 Å². The number of nitrogens with one attached hydrogen (secondary N) is 2. The van der Waals surface area contributed by atoms with Crippen molar-refractivity contribution in [3.63, 3.8) is 0 Å². The van der Waals surface area contributed by atoms with Crippen LogP contribution in [0.25, 0.3) is 0 Å². The van der Waals surface area contributed by atoms with E-state index in [1.54, 1.807) is 43.4 Å². The van der Waals surface area contributed by atoms with E-state index in [0.29, 0.717) is 27.2 Å². The van der Waals surface area contributed by atoms with Gasteiger partial charge in [-0.1, -0.05) is 35.3 Å². The monoisotopic (exact) mass is 295 g/mol. The first-order valence-corrected chi connectivity index (χ1v) is 6.27. The van der Waals surface area contributed by atoms with Crippen molar-refractivity contribution in [2.24, 2.45) is 0 Å². The van der Waals surface area contributed by atoms with Crippen LogP contribution in [0.4, 0.5) is 11.5 Å². The van der Waals surface area contributed by atoms with Crippen molar-refractivity contribution in [3.05, 3.63) is 52.1 Å². The second-order valence-corrected chi connectivity index (χ2v) is 4.50. The summed E-state index contributed by atoms with van der Waals surface area (Å²) in [6.45, 7) is 0. The Kier molecular flexibility index (Phi) is 4.24. The van der Waals surface area contributed by atoms with E-state index in [1.807, 2.05) is 0 Å². The van der Waals surface area contributed by atoms with Gasteiger partial charge >= 0.3 is 0 Å². The average Bonchev–Trinajstić information content (AvgIpc) is 2.44. The van der Waals surface area contributed by atoms with Gasteiger partial charge < -0.3 is 10.6 Å². The van der Waals surface area contributed by atoms with E-state index >= 15 is 0 Å². The first-order chi connectivity index (χ1) is 9.11. The lowest BCUT2D eigenvalue weighted by Crippen LogP contribution is -2.14. The van der Waals surface area contributed by atoms with Crippen molar-refractivity contribution in [3.8, 4) is 0 Å². The van der Waals surface area contributed by atoms with Crippen LogP contribution in [0.5, 0.6) is 0 Å². The van der Waals surface area contributed by atoms with Crippen LogP contribution in [0.1, 0.15) is 10.5 Å². The minimum Gasteiger partial charge on any atom is -0.373 e. The van der Waals surface area contributed by atoms with Crippen molar-refractivity contribution < 1.29 is 4.79 Å². The fourth-order valence-corrected chi connectivity index (χ4v) is 1.83. The second kappa shape index (κ2) is 5.91. The molecule has 6 heteroatoms. The third-order valence-corrected chi connectivity index (χ3v) is 3.26. The van der Waals surface area contributed by atoms with Gasteiger partial charge in [-0.2, -0.15) is 0 Å². The Morgan fingerprint density at radius 2 is 1.89 bits per heavy atom. The third kappa shape index (κ3) is 3.16. The zero-order chi connectivity index (χ0) is 13.8. The molecule has 1 aromatic heterocycles. The predicted octanol–water partition coefficient (Wildman–Crippen LogP) is 3.68. The molecule has 0 aliphatic carbocycles. The molecule has 1 amide bonds. The highest BCUT2D eigenvalue weighted by molar-refractivity contribution is 6.44. The molecule has 19 heavy (non-hydrogen) atoms. The summed E-state index contributed by atoms with van der Waals surface area (Å²) in [7, 11) is 1.73. The molecule has 0 saturated carbocycles. The molecule has 0 fully saturated rings. The quantitative estimate of drug-likeness (QED) is 0.908. The maximum Gasteiger partial charge on any atom is 0.274 e. The maximum absolute atomic E-state index is 12.0. The Labute approximate surface area is 120 Å². The number of pyridine rings is 1. The Morgan fingerprint density at radius 1 is 1.16 bits per heavy atom. The van der Waals surface area contributed by atoms with Crippen molar-refractivity contribution in [2.45, 2.75) is 0 Å². The molecule has 0 spiro atoms. The molecule has 0 saturated heterocycles. The lowest BCUT2D eigenvalue weighted by molar-refractivity contribution is 0.102. The van der Waals surface area contributed by atoms with E-state index in [4.69, 9.17) is 23.2 Å². The van der Waals surface area contributed by atoms with Gasteiger partial charge in [0.2, 0.25) is 0 Å². The van der Waals surface area contributed by atoms with Crippen LogP contribution >= 0.6 is 23.2 Å². The Hall–Kier alpha value is -1.78. The van der Waals surface area contributed by atoms with Gasteiger partial charge in [-0.15, -0.1) is 0 Å². The number of amides is 1. The lowest BCUT2D eigenvalue weighted by Gasteiger charge is -2.08. The standard InChI is InChI=1S/C13H11Cl2N3O/c1-16-11-7-3-6-10(17-11)13(19)18-9-5-2-4-8(14)12(9)15/h2-7H,1H3,(H,16,17)(H,18,19). The highest BCUT2D eigenvalue weighted by Crippen LogP contribution is 2.29. The lowest BCUT2D eigenvalue weighted by atomic mass is 10.3. The van der Waals surface area contributed by atoms with Gasteiger partial charge in [0.15, 0.2) is 0 Å². The van der Waals surface area contributed by atoms with E-state index < -0.39 is 0 Å². The summed E-state index contributed by atoms with van der Waals surface area (Å²) in [6.07, 6.45) is 0. The number of nitrogens with zero attached hydrogens (tertiary/aromatic N) is 1. The van der Waals surface area contributed by atoms with E-state index in [-0.39, 0.29) is 5.91 Å². The van der Waals surface area contributed by atoms with Crippen LogP contribution in [0, 0.1) is 0 Å². The molecule has 2 aromatic rings. The topological polar surface area (TPSA) is 54.0 Å². The number of hydrogen-bond donors (Lipinski definition) is 2. The zero-order valence-corrected chi connectivity index (χ0v) is 11.6. The fourth-order valence-electron chi connectivity index (χ4n) is 1.49. The zero-order valence-electron chi connectivity index (χ0n) is 10.1. The Bertz CT molecular complexity index is 617. The highest BCUT2D eigenvalue weighted by atomic mass is 35.5. The molecular formula is C13H11Cl2N3O. The van der Waals surface area contributed by atoms with E-state index in [1.165, 1.54) is 0 Å². The molecular weight excluding hydrogens is 285 g/mol. The summed E-state index contributed by atoms with van der Waals surface area (Å²) in [5.74, 6) is 0.270. The van der Waals surface area contributed by atoms with Gasteiger partial charge in [0.25, 0.3) is 5.91 Å². The molecule has 0 bridgehead atoms.